The van der Waals surface area contributed by atoms with E-state index in [9.17, 15) is 15.8 Å². The molecule has 1 unspecified atom stereocenters. The lowest BCUT2D eigenvalue weighted by atomic mass is 9.89. The SMILES string of the molecule is [2H]c1ccc(/C=C/c2sc(C3=C(C#N)C(=C(C#N)C#N)OC3(C)CC)cc2C)cc1. The third-order valence-corrected chi connectivity index (χ3v) is 6.16. The molecule has 1 aliphatic rings. The van der Waals surface area contributed by atoms with Crippen LogP contribution in [0.2, 0.25) is 0 Å². The van der Waals surface area contributed by atoms with Gasteiger partial charge in [-0.1, -0.05) is 43.3 Å². The van der Waals surface area contributed by atoms with Gasteiger partial charge in [-0.05, 0) is 43.5 Å². The lowest BCUT2D eigenvalue weighted by Gasteiger charge is -2.25. The van der Waals surface area contributed by atoms with Crippen LogP contribution in [0, 0.1) is 40.9 Å². The van der Waals surface area contributed by atoms with E-state index in [1.807, 2.05) is 63.3 Å². The van der Waals surface area contributed by atoms with Gasteiger partial charge in [-0.25, -0.2) is 0 Å². The molecule has 1 aliphatic heterocycles. The fourth-order valence-electron chi connectivity index (χ4n) is 3.21. The number of aryl methyl sites for hydroxylation is 1. The van der Waals surface area contributed by atoms with Gasteiger partial charge in [-0.15, -0.1) is 11.3 Å². The number of ether oxygens (including phenoxy) is 1. The van der Waals surface area contributed by atoms with Crippen LogP contribution in [0.5, 0.6) is 0 Å². The van der Waals surface area contributed by atoms with Gasteiger partial charge in [-0.3, -0.25) is 0 Å². The summed E-state index contributed by atoms with van der Waals surface area (Å²) in [6, 6.07) is 15.6. The van der Waals surface area contributed by atoms with Gasteiger partial charge < -0.3 is 4.74 Å². The summed E-state index contributed by atoms with van der Waals surface area (Å²) < 4.78 is 13.6. The first-order valence-corrected chi connectivity index (χ1v) is 9.92. The molecule has 1 atom stereocenters. The van der Waals surface area contributed by atoms with Gasteiger partial charge >= 0.3 is 0 Å². The number of hydrogen-bond acceptors (Lipinski definition) is 5. The van der Waals surface area contributed by atoms with E-state index in [2.05, 4.69) is 6.07 Å². The summed E-state index contributed by atoms with van der Waals surface area (Å²) in [7, 11) is 0. The Balaban J connectivity index is 2.11. The molecule has 5 heteroatoms. The van der Waals surface area contributed by atoms with Crippen molar-refractivity contribution in [3.8, 4) is 18.2 Å². The zero-order chi connectivity index (χ0) is 21.9. The lowest BCUT2D eigenvalue weighted by molar-refractivity contribution is 0.0877. The van der Waals surface area contributed by atoms with Crippen LogP contribution in [-0.2, 0) is 4.74 Å². The van der Waals surface area contributed by atoms with E-state index in [0.717, 1.165) is 26.5 Å². The Morgan fingerprint density at radius 1 is 1.24 bits per heavy atom. The van der Waals surface area contributed by atoms with Crippen LogP contribution in [0.15, 0.2) is 53.3 Å². The third kappa shape index (κ3) is 3.72. The fourth-order valence-corrected chi connectivity index (χ4v) is 4.46. The van der Waals surface area contributed by atoms with Gasteiger partial charge in [0.2, 0.25) is 0 Å². The Morgan fingerprint density at radius 3 is 2.52 bits per heavy atom. The van der Waals surface area contributed by atoms with Crippen molar-refractivity contribution in [1.29, 1.82) is 15.8 Å². The van der Waals surface area contributed by atoms with Crippen molar-refractivity contribution in [2.75, 3.05) is 0 Å². The molecule has 2 heterocycles. The normalized spacial score (nSPS) is 18.8. The topological polar surface area (TPSA) is 80.6 Å². The number of hydrogen-bond donors (Lipinski definition) is 0. The minimum Gasteiger partial charge on any atom is -0.479 e. The molecule has 1 aromatic heterocycles. The minimum absolute atomic E-state index is 0.0699. The molecule has 0 N–H and O–H groups in total. The highest BCUT2D eigenvalue weighted by molar-refractivity contribution is 7.14. The van der Waals surface area contributed by atoms with Crippen LogP contribution in [0.1, 0.15) is 42.5 Å². The van der Waals surface area contributed by atoms with Crippen molar-refractivity contribution in [3.05, 3.63) is 74.2 Å². The second kappa shape index (κ2) is 8.19. The van der Waals surface area contributed by atoms with Gasteiger partial charge in [-0.2, -0.15) is 15.8 Å². The maximum atomic E-state index is 9.82. The Bertz CT molecular complexity index is 1200. The third-order valence-electron chi connectivity index (χ3n) is 4.94. The Labute approximate surface area is 176 Å². The van der Waals surface area contributed by atoms with Crippen molar-refractivity contribution in [1.82, 2.24) is 0 Å². The highest BCUT2D eigenvalue weighted by Crippen LogP contribution is 2.49. The molecule has 142 valence electrons. The molecule has 3 rings (SSSR count). The van der Waals surface area contributed by atoms with Crippen molar-refractivity contribution < 1.29 is 6.11 Å². The highest BCUT2D eigenvalue weighted by atomic mass is 32.1. The quantitative estimate of drug-likeness (QED) is 0.591. The smallest absolute Gasteiger partial charge is 0.172 e. The predicted molar refractivity (Wildman–Crippen MR) is 115 cm³/mol. The Morgan fingerprint density at radius 2 is 1.93 bits per heavy atom. The molecular weight excluding hydrogens is 378 g/mol. The monoisotopic (exact) mass is 398 g/mol. The molecule has 0 spiro atoms. The molecule has 29 heavy (non-hydrogen) atoms. The molecule has 0 saturated heterocycles. The first-order valence-electron chi connectivity index (χ1n) is 9.61. The van der Waals surface area contributed by atoms with E-state index in [1.54, 1.807) is 23.5 Å². The second-order valence-corrected chi connectivity index (χ2v) is 7.88. The maximum Gasteiger partial charge on any atom is 0.172 e. The van der Waals surface area contributed by atoms with Gasteiger partial charge in [0.05, 0.1) is 1.37 Å². The first-order chi connectivity index (χ1) is 14.4. The summed E-state index contributed by atoms with van der Waals surface area (Å²) in [5.74, 6) is 0.0699. The zero-order valence-corrected chi connectivity index (χ0v) is 17.2. The number of nitrogens with zero attached hydrogens (tertiary/aromatic N) is 3. The van der Waals surface area contributed by atoms with Crippen molar-refractivity contribution in [2.24, 2.45) is 0 Å². The number of rotatable bonds is 4. The summed E-state index contributed by atoms with van der Waals surface area (Å²) in [4.78, 5) is 1.93. The number of nitriles is 3. The molecule has 0 amide bonds. The van der Waals surface area contributed by atoms with Gasteiger partial charge in [0, 0.05) is 15.3 Å². The molecule has 4 nitrogen and oxygen atoms in total. The minimum atomic E-state index is -0.790. The van der Waals surface area contributed by atoms with E-state index in [1.165, 1.54) is 0 Å². The molecule has 0 fully saturated rings. The van der Waals surface area contributed by atoms with Crippen LogP contribution >= 0.6 is 11.3 Å². The largest absolute Gasteiger partial charge is 0.479 e. The molecular formula is C24H19N3OS. The van der Waals surface area contributed by atoms with Crippen LogP contribution < -0.4 is 0 Å². The number of benzene rings is 1. The second-order valence-electron chi connectivity index (χ2n) is 6.80. The summed E-state index contributed by atoms with van der Waals surface area (Å²) in [6.45, 7) is 5.84. The molecule has 0 radical (unpaired) electrons. The number of allylic oxidation sites excluding steroid dienone is 2. The van der Waals surface area contributed by atoms with E-state index >= 15 is 0 Å². The predicted octanol–water partition coefficient (Wildman–Crippen LogP) is 6.00. The van der Waals surface area contributed by atoms with Crippen molar-refractivity contribution in [3.63, 3.8) is 0 Å². The van der Waals surface area contributed by atoms with E-state index in [-0.39, 0.29) is 16.9 Å². The molecule has 0 saturated carbocycles. The molecule has 0 aliphatic carbocycles. The van der Waals surface area contributed by atoms with Crippen molar-refractivity contribution >= 4 is 29.1 Å². The van der Waals surface area contributed by atoms with Crippen LogP contribution in [0.3, 0.4) is 0 Å². The Hall–Kier alpha value is -3.59. The average Bonchev–Trinajstić information content (AvgIpc) is 3.25. The van der Waals surface area contributed by atoms with Crippen LogP contribution in [0.25, 0.3) is 17.7 Å². The fraction of sp³-hybridized carbons (Fsp3) is 0.208. The first kappa shape index (κ1) is 18.8. The summed E-state index contributed by atoms with van der Waals surface area (Å²) in [5, 5.41) is 28.4. The van der Waals surface area contributed by atoms with E-state index in [0.29, 0.717) is 12.5 Å². The summed E-state index contributed by atoms with van der Waals surface area (Å²) in [5.41, 5.74) is 2.05. The lowest BCUT2D eigenvalue weighted by Crippen LogP contribution is -2.24. The van der Waals surface area contributed by atoms with E-state index < -0.39 is 5.60 Å². The highest BCUT2D eigenvalue weighted by Gasteiger charge is 2.43. The van der Waals surface area contributed by atoms with Crippen LogP contribution in [-0.4, -0.2) is 5.60 Å². The van der Waals surface area contributed by atoms with E-state index in [4.69, 9.17) is 6.11 Å². The summed E-state index contributed by atoms with van der Waals surface area (Å²) in [6.07, 6.45) is 4.59. The standard InChI is InChI=1S/C24H19N3OS/c1-4-24(3)22(19(15-27)23(28-24)18(13-25)14-26)21-12-16(2)20(29-21)11-10-17-8-6-5-7-9-17/h5-12H,4H2,1-3H3/b11-10+/i5D. The van der Waals surface area contributed by atoms with Gasteiger partial charge in [0.25, 0.3) is 0 Å². The summed E-state index contributed by atoms with van der Waals surface area (Å²) >= 11 is 1.54. The Kier molecular flexibility index (Phi) is 5.30. The molecule has 2 aromatic rings. The average molecular weight is 399 g/mol. The number of thiophene rings is 1. The molecule has 0 bridgehead atoms. The van der Waals surface area contributed by atoms with Crippen LogP contribution in [0.4, 0.5) is 0 Å². The van der Waals surface area contributed by atoms with Gasteiger partial charge in [0.1, 0.15) is 29.4 Å². The molecule has 1 aromatic carbocycles. The van der Waals surface area contributed by atoms with Crippen molar-refractivity contribution in [2.45, 2.75) is 32.8 Å². The van der Waals surface area contributed by atoms with Gasteiger partial charge in [0.15, 0.2) is 11.3 Å². The maximum absolute atomic E-state index is 9.82. The zero-order valence-electron chi connectivity index (χ0n) is 17.4.